The fraction of sp³-hybridized carbons (Fsp3) is 0.278. The highest BCUT2D eigenvalue weighted by Crippen LogP contribution is 2.24. The van der Waals surface area contributed by atoms with Crippen LogP contribution in [0, 0.1) is 13.8 Å². The standard InChI is InChI=1S/C18H17Cl2NO5/c1-8-14(18(24)25-4)9(2)21-15(8)16(22)10(3)26-17(23)12-6-5-11(19)7-13(12)20/h5-7,10,21H,1-4H3/t10-/m1/s1. The van der Waals surface area contributed by atoms with Crippen molar-refractivity contribution in [2.75, 3.05) is 7.11 Å². The molecule has 1 aromatic carbocycles. The first-order valence-corrected chi connectivity index (χ1v) is 8.40. The molecule has 0 fully saturated rings. The molecule has 0 saturated heterocycles. The summed E-state index contributed by atoms with van der Waals surface area (Å²) in [6.45, 7) is 4.71. The number of ketones is 1. The fourth-order valence-electron chi connectivity index (χ4n) is 2.54. The zero-order valence-electron chi connectivity index (χ0n) is 14.6. The van der Waals surface area contributed by atoms with E-state index in [1.54, 1.807) is 13.8 Å². The molecule has 1 N–H and O–H groups in total. The number of aromatic amines is 1. The van der Waals surface area contributed by atoms with Gasteiger partial charge < -0.3 is 14.5 Å². The molecule has 0 unspecified atom stereocenters. The van der Waals surface area contributed by atoms with Gasteiger partial charge in [0.15, 0.2) is 6.10 Å². The third-order valence-electron chi connectivity index (χ3n) is 3.88. The van der Waals surface area contributed by atoms with Crippen molar-refractivity contribution in [1.82, 2.24) is 4.98 Å². The van der Waals surface area contributed by atoms with E-state index in [2.05, 4.69) is 4.98 Å². The number of esters is 2. The molecule has 2 aromatic rings. The van der Waals surface area contributed by atoms with Gasteiger partial charge in [0.1, 0.15) is 0 Å². The second-order valence-electron chi connectivity index (χ2n) is 5.65. The maximum absolute atomic E-state index is 12.6. The number of rotatable bonds is 5. The van der Waals surface area contributed by atoms with Gasteiger partial charge in [0.05, 0.1) is 29.0 Å². The molecule has 138 valence electrons. The molecule has 8 heteroatoms. The van der Waals surface area contributed by atoms with Gasteiger partial charge in [-0.15, -0.1) is 0 Å². The van der Waals surface area contributed by atoms with Crippen LogP contribution in [0.1, 0.15) is 49.4 Å². The number of methoxy groups -OCH3 is 1. The van der Waals surface area contributed by atoms with Gasteiger partial charge in [-0.2, -0.15) is 0 Å². The topological polar surface area (TPSA) is 85.5 Å². The number of aryl methyl sites for hydroxylation is 1. The first-order valence-electron chi connectivity index (χ1n) is 7.65. The highest BCUT2D eigenvalue weighted by atomic mass is 35.5. The molecule has 1 atom stereocenters. The summed E-state index contributed by atoms with van der Waals surface area (Å²) in [6, 6.07) is 4.33. The van der Waals surface area contributed by atoms with Crippen molar-refractivity contribution < 1.29 is 23.9 Å². The number of halogens is 2. The summed E-state index contributed by atoms with van der Waals surface area (Å²) in [5.74, 6) is -1.77. The molecule has 1 aromatic heterocycles. The van der Waals surface area contributed by atoms with Crippen LogP contribution >= 0.6 is 23.2 Å². The Bertz CT molecular complexity index is 888. The number of ether oxygens (including phenoxy) is 2. The zero-order chi connectivity index (χ0) is 19.6. The molecule has 0 aliphatic rings. The van der Waals surface area contributed by atoms with Crippen LogP contribution in [0.25, 0.3) is 0 Å². The quantitative estimate of drug-likeness (QED) is 0.604. The lowest BCUT2D eigenvalue weighted by molar-refractivity contribution is 0.0317. The minimum atomic E-state index is -1.09. The second kappa shape index (κ2) is 7.93. The molecular formula is C18H17Cl2NO5. The first-order chi connectivity index (χ1) is 12.2. The number of benzene rings is 1. The lowest BCUT2D eigenvalue weighted by Gasteiger charge is -2.13. The van der Waals surface area contributed by atoms with Crippen molar-refractivity contribution >= 4 is 40.9 Å². The number of H-pyrrole nitrogens is 1. The van der Waals surface area contributed by atoms with E-state index in [1.165, 1.54) is 32.2 Å². The first kappa shape index (κ1) is 20.0. The number of nitrogens with one attached hydrogen (secondary N) is 1. The highest BCUT2D eigenvalue weighted by Gasteiger charge is 2.28. The minimum Gasteiger partial charge on any atom is -0.465 e. The molecule has 0 amide bonds. The number of aromatic nitrogens is 1. The average Bonchev–Trinajstić information content (AvgIpc) is 2.87. The molecule has 0 spiro atoms. The maximum Gasteiger partial charge on any atom is 0.340 e. The van der Waals surface area contributed by atoms with Crippen LogP contribution in [-0.4, -0.2) is 35.9 Å². The van der Waals surface area contributed by atoms with Gasteiger partial charge in [0.2, 0.25) is 5.78 Å². The number of hydrogen-bond donors (Lipinski definition) is 1. The van der Waals surface area contributed by atoms with Crippen LogP contribution in [0.5, 0.6) is 0 Å². The number of hydrogen-bond acceptors (Lipinski definition) is 5. The lowest BCUT2D eigenvalue weighted by Crippen LogP contribution is -2.25. The van der Waals surface area contributed by atoms with E-state index in [1.807, 2.05) is 0 Å². The Kier molecular flexibility index (Phi) is 6.10. The summed E-state index contributed by atoms with van der Waals surface area (Å²) in [6.07, 6.45) is -1.09. The van der Waals surface area contributed by atoms with Crippen molar-refractivity contribution in [3.05, 3.63) is 56.3 Å². The Balaban J connectivity index is 2.22. The lowest BCUT2D eigenvalue weighted by atomic mass is 10.1. The van der Waals surface area contributed by atoms with Crippen LogP contribution in [-0.2, 0) is 9.47 Å². The van der Waals surface area contributed by atoms with Gasteiger partial charge in [-0.05, 0) is 44.5 Å². The molecular weight excluding hydrogens is 381 g/mol. The zero-order valence-corrected chi connectivity index (χ0v) is 16.1. The van der Waals surface area contributed by atoms with Gasteiger partial charge in [-0.1, -0.05) is 23.2 Å². The molecule has 0 aliphatic heterocycles. The third-order valence-corrected chi connectivity index (χ3v) is 4.43. The van der Waals surface area contributed by atoms with Crippen LogP contribution in [0.3, 0.4) is 0 Å². The van der Waals surface area contributed by atoms with Crippen LogP contribution in [0.2, 0.25) is 10.0 Å². The number of carbonyl (C=O) groups is 3. The average molecular weight is 398 g/mol. The van der Waals surface area contributed by atoms with Gasteiger partial charge >= 0.3 is 11.9 Å². The smallest absolute Gasteiger partial charge is 0.340 e. The van der Waals surface area contributed by atoms with E-state index in [9.17, 15) is 14.4 Å². The Morgan fingerprint density at radius 1 is 1.12 bits per heavy atom. The summed E-state index contributed by atoms with van der Waals surface area (Å²) in [5, 5.41) is 0.505. The van der Waals surface area contributed by atoms with E-state index < -0.39 is 23.8 Å². The normalized spacial score (nSPS) is 11.8. The highest BCUT2D eigenvalue weighted by molar-refractivity contribution is 6.36. The molecule has 6 nitrogen and oxygen atoms in total. The van der Waals surface area contributed by atoms with E-state index in [4.69, 9.17) is 32.7 Å². The van der Waals surface area contributed by atoms with Crippen molar-refractivity contribution in [3.63, 3.8) is 0 Å². The van der Waals surface area contributed by atoms with E-state index in [-0.39, 0.29) is 21.8 Å². The molecule has 26 heavy (non-hydrogen) atoms. The Morgan fingerprint density at radius 3 is 2.35 bits per heavy atom. The summed E-state index contributed by atoms with van der Waals surface area (Å²) < 4.78 is 9.93. The monoisotopic (exact) mass is 397 g/mol. The molecule has 1 heterocycles. The summed E-state index contributed by atoms with van der Waals surface area (Å²) >= 11 is 11.8. The Hall–Kier alpha value is -2.31. The number of carbonyl (C=O) groups excluding carboxylic acids is 3. The summed E-state index contributed by atoms with van der Waals surface area (Å²) in [7, 11) is 1.26. The Labute approximate surface area is 160 Å². The molecule has 0 radical (unpaired) electrons. The summed E-state index contributed by atoms with van der Waals surface area (Å²) in [5.41, 5.74) is 1.51. The summed E-state index contributed by atoms with van der Waals surface area (Å²) in [4.78, 5) is 39.6. The van der Waals surface area contributed by atoms with Crippen LogP contribution in [0.4, 0.5) is 0 Å². The van der Waals surface area contributed by atoms with Gasteiger partial charge in [-0.25, -0.2) is 9.59 Å². The van der Waals surface area contributed by atoms with Crippen molar-refractivity contribution in [1.29, 1.82) is 0 Å². The van der Waals surface area contributed by atoms with Crippen LogP contribution in [0.15, 0.2) is 18.2 Å². The Morgan fingerprint density at radius 2 is 1.77 bits per heavy atom. The largest absolute Gasteiger partial charge is 0.465 e. The maximum atomic E-state index is 12.6. The predicted octanol–water partition coefficient (Wildman–Crippen LogP) is 4.15. The predicted molar refractivity (Wildman–Crippen MR) is 97.3 cm³/mol. The van der Waals surface area contributed by atoms with Crippen molar-refractivity contribution in [2.45, 2.75) is 26.9 Å². The van der Waals surface area contributed by atoms with E-state index in [0.717, 1.165) is 0 Å². The fourth-order valence-corrected chi connectivity index (χ4v) is 3.03. The van der Waals surface area contributed by atoms with Gasteiger partial charge in [0.25, 0.3) is 0 Å². The SMILES string of the molecule is COC(=O)c1c(C)[nH]c(C(=O)[C@@H](C)OC(=O)c2ccc(Cl)cc2Cl)c1C. The van der Waals surface area contributed by atoms with E-state index >= 15 is 0 Å². The number of Topliss-reactive ketones (excluding diaryl/α,β-unsaturated/α-hetero) is 1. The van der Waals surface area contributed by atoms with E-state index in [0.29, 0.717) is 16.3 Å². The molecule has 0 aliphatic carbocycles. The second-order valence-corrected chi connectivity index (χ2v) is 6.50. The van der Waals surface area contributed by atoms with Gasteiger partial charge in [0, 0.05) is 10.7 Å². The third kappa shape index (κ3) is 3.92. The van der Waals surface area contributed by atoms with Crippen LogP contribution < -0.4 is 0 Å². The molecule has 0 bridgehead atoms. The van der Waals surface area contributed by atoms with Gasteiger partial charge in [-0.3, -0.25) is 4.79 Å². The molecule has 2 rings (SSSR count). The molecule has 0 saturated carbocycles. The minimum absolute atomic E-state index is 0.102. The van der Waals surface area contributed by atoms with Crippen molar-refractivity contribution in [2.24, 2.45) is 0 Å². The van der Waals surface area contributed by atoms with Crippen molar-refractivity contribution in [3.8, 4) is 0 Å².